The average molecular weight is 412 g/mol. The van der Waals surface area contributed by atoms with Crippen molar-refractivity contribution in [3.8, 4) is 11.5 Å². The number of hydrogen-bond acceptors (Lipinski definition) is 5. The summed E-state index contributed by atoms with van der Waals surface area (Å²) < 4.78 is 10.4. The molecular weight excluding hydrogens is 397 g/mol. The molecule has 0 saturated carbocycles. The molecular formula is C17H15Cl2N3O5. The number of amides is 4. The minimum absolute atomic E-state index is 0.338. The maximum Gasteiger partial charge on any atom is 0.340 e. The molecule has 0 saturated heterocycles. The van der Waals surface area contributed by atoms with E-state index >= 15 is 0 Å². The Morgan fingerprint density at radius 1 is 0.704 bits per heavy atom. The van der Waals surface area contributed by atoms with Gasteiger partial charge in [0.15, 0.2) is 13.2 Å². The molecule has 0 aliphatic heterocycles. The minimum Gasteiger partial charge on any atom is -0.484 e. The summed E-state index contributed by atoms with van der Waals surface area (Å²) in [5.74, 6) is -0.463. The van der Waals surface area contributed by atoms with E-state index in [1.807, 2.05) is 10.7 Å². The van der Waals surface area contributed by atoms with Crippen LogP contribution in [0.1, 0.15) is 0 Å². The topological polar surface area (TPSA) is 106 Å². The highest BCUT2D eigenvalue weighted by Gasteiger charge is 2.10. The van der Waals surface area contributed by atoms with Crippen LogP contribution in [0.5, 0.6) is 11.5 Å². The number of imide groups is 1. The first-order valence-corrected chi connectivity index (χ1v) is 8.33. The standard InChI is InChI=1S/C17H15Cl2N3O5/c18-11-1-5-13(6-2-11)26-9-15(23)20-17(25)22-21-16(24)10-27-14-7-3-12(19)4-8-14/h1-8H,9-10H2,(H,21,24)(H2,20,22,23,25). The highest BCUT2D eigenvalue weighted by atomic mass is 35.5. The van der Waals surface area contributed by atoms with Crippen LogP contribution in [0, 0.1) is 0 Å². The molecule has 27 heavy (non-hydrogen) atoms. The molecule has 10 heteroatoms. The zero-order chi connectivity index (χ0) is 19.6. The molecule has 4 amide bonds. The number of carbonyl (C=O) groups excluding carboxylic acids is 3. The molecule has 8 nitrogen and oxygen atoms in total. The highest BCUT2D eigenvalue weighted by Crippen LogP contribution is 2.15. The number of halogens is 2. The summed E-state index contributed by atoms with van der Waals surface area (Å²) in [6.45, 7) is -0.724. The van der Waals surface area contributed by atoms with Gasteiger partial charge in [0, 0.05) is 10.0 Å². The predicted octanol–water partition coefficient (Wildman–Crippen LogP) is 2.31. The highest BCUT2D eigenvalue weighted by molar-refractivity contribution is 6.30. The molecule has 2 aromatic carbocycles. The number of hydrogen-bond donors (Lipinski definition) is 3. The number of benzene rings is 2. The smallest absolute Gasteiger partial charge is 0.340 e. The summed E-state index contributed by atoms with van der Waals surface area (Å²) in [5, 5.41) is 3.05. The van der Waals surface area contributed by atoms with E-state index in [9.17, 15) is 14.4 Å². The molecule has 0 bridgehead atoms. The van der Waals surface area contributed by atoms with Gasteiger partial charge >= 0.3 is 6.03 Å². The largest absolute Gasteiger partial charge is 0.484 e. The first-order chi connectivity index (χ1) is 12.9. The summed E-state index contributed by atoms with van der Waals surface area (Å²) in [5.41, 5.74) is 4.11. The summed E-state index contributed by atoms with van der Waals surface area (Å²) in [6.07, 6.45) is 0. The Balaban J connectivity index is 1.62. The van der Waals surface area contributed by atoms with Gasteiger partial charge in [0.05, 0.1) is 0 Å². The number of rotatable bonds is 6. The van der Waals surface area contributed by atoms with Crippen LogP contribution in [0.25, 0.3) is 0 Å². The predicted molar refractivity (Wildman–Crippen MR) is 98.7 cm³/mol. The summed E-state index contributed by atoms with van der Waals surface area (Å²) in [7, 11) is 0. The van der Waals surface area contributed by atoms with Crippen LogP contribution in [0.15, 0.2) is 48.5 Å². The maximum atomic E-state index is 11.6. The summed E-state index contributed by atoms with van der Waals surface area (Å²) in [4.78, 5) is 34.7. The van der Waals surface area contributed by atoms with Crippen molar-refractivity contribution in [3.05, 3.63) is 58.6 Å². The van der Waals surface area contributed by atoms with E-state index in [4.69, 9.17) is 32.7 Å². The number of nitrogens with one attached hydrogen (secondary N) is 3. The molecule has 3 N–H and O–H groups in total. The lowest BCUT2D eigenvalue weighted by Gasteiger charge is -2.10. The molecule has 2 rings (SSSR count). The van der Waals surface area contributed by atoms with Crippen LogP contribution in [0.3, 0.4) is 0 Å². The van der Waals surface area contributed by atoms with Gasteiger partial charge in [-0.15, -0.1) is 0 Å². The third-order valence-electron chi connectivity index (χ3n) is 2.94. The molecule has 142 valence electrons. The SMILES string of the molecule is O=C(COc1ccc(Cl)cc1)NNC(=O)NC(=O)COc1ccc(Cl)cc1. The average Bonchev–Trinajstić information content (AvgIpc) is 2.65. The van der Waals surface area contributed by atoms with Gasteiger partial charge in [0.25, 0.3) is 11.8 Å². The normalized spacial score (nSPS) is 9.85. The van der Waals surface area contributed by atoms with Crippen LogP contribution >= 0.6 is 23.2 Å². The van der Waals surface area contributed by atoms with Crippen molar-refractivity contribution >= 4 is 41.0 Å². The Kier molecular flexibility index (Phi) is 7.72. The van der Waals surface area contributed by atoms with E-state index in [0.717, 1.165) is 0 Å². The van der Waals surface area contributed by atoms with E-state index in [1.54, 1.807) is 48.5 Å². The van der Waals surface area contributed by atoms with Gasteiger partial charge in [0.1, 0.15) is 11.5 Å². The molecule has 0 aliphatic rings. The second-order valence-electron chi connectivity index (χ2n) is 5.04. The van der Waals surface area contributed by atoms with Gasteiger partial charge < -0.3 is 9.47 Å². The zero-order valence-corrected chi connectivity index (χ0v) is 15.3. The second-order valence-corrected chi connectivity index (χ2v) is 5.91. The molecule has 0 fully saturated rings. The Morgan fingerprint density at radius 2 is 1.15 bits per heavy atom. The van der Waals surface area contributed by atoms with Crippen LogP contribution in [-0.4, -0.2) is 31.1 Å². The van der Waals surface area contributed by atoms with Gasteiger partial charge in [0.2, 0.25) is 0 Å². The second kappa shape index (κ2) is 10.2. The van der Waals surface area contributed by atoms with Crippen LogP contribution in [-0.2, 0) is 9.59 Å². The Hall–Kier alpha value is -2.97. The number of carbonyl (C=O) groups is 3. The van der Waals surface area contributed by atoms with Crippen molar-refractivity contribution in [3.63, 3.8) is 0 Å². The monoisotopic (exact) mass is 411 g/mol. The van der Waals surface area contributed by atoms with E-state index in [2.05, 4.69) is 5.43 Å². The fourth-order valence-electron chi connectivity index (χ4n) is 1.72. The van der Waals surface area contributed by atoms with Crippen molar-refractivity contribution in [2.24, 2.45) is 0 Å². The quantitative estimate of drug-likeness (QED) is 0.632. The fraction of sp³-hybridized carbons (Fsp3) is 0.118. The van der Waals surface area contributed by atoms with Crippen molar-refractivity contribution in [2.45, 2.75) is 0 Å². The fourth-order valence-corrected chi connectivity index (χ4v) is 1.97. The maximum absolute atomic E-state index is 11.6. The Bertz CT molecular complexity index is 797. The lowest BCUT2D eigenvalue weighted by molar-refractivity contribution is -0.124. The third kappa shape index (κ3) is 7.85. The van der Waals surface area contributed by atoms with Crippen LogP contribution in [0.2, 0.25) is 10.0 Å². The van der Waals surface area contributed by atoms with Crippen molar-refractivity contribution in [2.75, 3.05) is 13.2 Å². The van der Waals surface area contributed by atoms with Gasteiger partial charge in [-0.25, -0.2) is 10.2 Å². The third-order valence-corrected chi connectivity index (χ3v) is 3.44. The molecule has 0 radical (unpaired) electrons. The summed E-state index contributed by atoms with van der Waals surface area (Å²) in [6, 6.07) is 11.8. The summed E-state index contributed by atoms with van der Waals surface area (Å²) >= 11 is 11.5. The zero-order valence-electron chi connectivity index (χ0n) is 13.8. The van der Waals surface area contributed by atoms with E-state index in [0.29, 0.717) is 21.5 Å². The van der Waals surface area contributed by atoms with E-state index < -0.39 is 17.8 Å². The Labute approximate surface area is 164 Å². The van der Waals surface area contributed by atoms with Gasteiger partial charge in [-0.2, -0.15) is 0 Å². The van der Waals surface area contributed by atoms with Crippen molar-refractivity contribution in [1.29, 1.82) is 0 Å². The molecule has 0 unspecified atom stereocenters. The van der Waals surface area contributed by atoms with Crippen molar-refractivity contribution in [1.82, 2.24) is 16.2 Å². The minimum atomic E-state index is -0.917. The molecule has 0 spiro atoms. The lowest BCUT2D eigenvalue weighted by atomic mass is 10.3. The van der Waals surface area contributed by atoms with E-state index in [-0.39, 0.29) is 13.2 Å². The number of urea groups is 1. The number of ether oxygens (including phenoxy) is 2. The van der Waals surface area contributed by atoms with Gasteiger partial charge in [-0.3, -0.25) is 20.3 Å². The molecule has 0 atom stereocenters. The van der Waals surface area contributed by atoms with Crippen LogP contribution < -0.4 is 25.6 Å². The van der Waals surface area contributed by atoms with Gasteiger partial charge in [-0.1, -0.05) is 23.2 Å². The first kappa shape index (κ1) is 20.3. The van der Waals surface area contributed by atoms with Crippen LogP contribution in [0.4, 0.5) is 4.79 Å². The first-order valence-electron chi connectivity index (χ1n) is 7.58. The Morgan fingerprint density at radius 3 is 1.63 bits per heavy atom. The molecule has 0 heterocycles. The number of hydrazine groups is 1. The van der Waals surface area contributed by atoms with Crippen molar-refractivity contribution < 1.29 is 23.9 Å². The van der Waals surface area contributed by atoms with Gasteiger partial charge in [-0.05, 0) is 48.5 Å². The lowest BCUT2D eigenvalue weighted by Crippen LogP contribution is -2.50. The molecule has 0 aliphatic carbocycles. The van der Waals surface area contributed by atoms with E-state index in [1.165, 1.54) is 0 Å². The molecule has 2 aromatic rings. The molecule has 0 aromatic heterocycles.